The van der Waals surface area contributed by atoms with Crippen molar-refractivity contribution in [2.24, 2.45) is 0 Å². The molecule has 0 aliphatic heterocycles. The monoisotopic (exact) mass is 246 g/mol. The van der Waals surface area contributed by atoms with E-state index < -0.39 is 0 Å². The number of aryl methyl sites for hydroxylation is 1. The molecule has 2 nitrogen and oxygen atoms in total. The molecule has 2 aromatic rings. The predicted molar refractivity (Wildman–Crippen MR) is 75.7 cm³/mol. The first-order valence-corrected chi connectivity index (χ1v) is 7.08. The average Bonchev–Trinajstić information content (AvgIpc) is 2.84. The van der Waals surface area contributed by atoms with Gasteiger partial charge in [0.15, 0.2) is 0 Å². The van der Waals surface area contributed by atoms with Gasteiger partial charge in [0.25, 0.3) is 0 Å². The van der Waals surface area contributed by atoms with Gasteiger partial charge in [0, 0.05) is 29.0 Å². The second-order valence-electron chi connectivity index (χ2n) is 3.87. The van der Waals surface area contributed by atoms with Gasteiger partial charge in [-0.3, -0.25) is 0 Å². The molecule has 2 rings (SSSR count). The lowest BCUT2D eigenvalue weighted by Gasteiger charge is -2.10. The van der Waals surface area contributed by atoms with Gasteiger partial charge in [0.1, 0.15) is 0 Å². The molecule has 1 N–H and O–H groups in total. The summed E-state index contributed by atoms with van der Waals surface area (Å²) < 4.78 is 2.26. The highest BCUT2D eigenvalue weighted by atomic mass is 32.2. The molecule has 0 aliphatic carbocycles. The lowest BCUT2D eigenvalue weighted by molar-refractivity contribution is 0.724. The number of hydrogen-bond acceptors (Lipinski definition) is 2. The third kappa shape index (κ3) is 3.07. The second-order valence-corrected chi connectivity index (χ2v) is 4.75. The van der Waals surface area contributed by atoms with Crippen molar-refractivity contribution < 1.29 is 0 Å². The summed E-state index contributed by atoms with van der Waals surface area (Å²) in [5.74, 6) is 0. The highest BCUT2D eigenvalue weighted by Crippen LogP contribution is 2.19. The van der Waals surface area contributed by atoms with E-state index in [-0.39, 0.29) is 0 Å². The van der Waals surface area contributed by atoms with E-state index in [9.17, 15) is 0 Å². The Morgan fingerprint density at radius 1 is 1.24 bits per heavy atom. The van der Waals surface area contributed by atoms with E-state index >= 15 is 0 Å². The number of aromatic nitrogens is 1. The van der Waals surface area contributed by atoms with E-state index in [1.807, 2.05) is 0 Å². The molecule has 0 saturated heterocycles. The van der Waals surface area contributed by atoms with Crippen molar-refractivity contribution in [1.29, 1.82) is 0 Å². The summed E-state index contributed by atoms with van der Waals surface area (Å²) in [6.07, 6.45) is 4.22. The molecule has 0 radical (unpaired) electrons. The number of nitrogens with zero attached hydrogens (tertiary/aromatic N) is 1. The fourth-order valence-corrected chi connectivity index (χ4v) is 2.30. The molecule has 17 heavy (non-hydrogen) atoms. The first-order valence-electron chi connectivity index (χ1n) is 5.85. The van der Waals surface area contributed by atoms with Crippen LogP contribution in [-0.4, -0.2) is 10.8 Å². The molecule has 0 amide bonds. The van der Waals surface area contributed by atoms with Crippen molar-refractivity contribution in [3.8, 4) is 0 Å². The third-order valence-corrected chi connectivity index (χ3v) is 3.53. The number of hydrogen-bond donors (Lipinski definition) is 1. The molecule has 0 saturated carbocycles. The normalized spacial score (nSPS) is 10.5. The molecular formula is C14H18N2S. The van der Waals surface area contributed by atoms with Crippen LogP contribution in [0.15, 0.2) is 47.5 Å². The fourth-order valence-electron chi connectivity index (χ4n) is 1.84. The van der Waals surface area contributed by atoms with Crippen LogP contribution in [0.4, 0.5) is 5.69 Å². The molecule has 0 fully saturated rings. The van der Waals surface area contributed by atoms with Crippen LogP contribution in [0.1, 0.15) is 12.6 Å². The summed E-state index contributed by atoms with van der Waals surface area (Å²) in [7, 11) is 0. The predicted octanol–water partition coefficient (Wildman–Crippen LogP) is 3.84. The number of benzene rings is 1. The van der Waals surface area contributed by atoms with E-state index in [0.29, 0.717) is 0 Å². The summed E-state index contributed by atoms with van der Waals surface area (Å²) in [5, 5.41) is 3.46. The standard InChI is InChI=1S/C14H18N2S/c1-3-16-9-5-7-13(16)11-15-12-6-4-8-14(10-12)17-2/h4-10,15H,3,11H2,1-2H3. The summed E-state index contributed by atoms with van der Waals surface area (Å²) in [6.45, 7) is 4.06. The van der Waals surface area contributed by atoms with Crippen molar-refractivity contribution in [1.82, 2.24) is 4.57 Å². The zero-order valence-corrected chi connectivity index (χ0v) is 11.1. The topological polar surface area (TPSA) is 17.0 Å². The largest absolute Gasteiger partial charge is 0.379 e. The summed E-state index contributed by atoms with van der Waals surface area (Å²) in [6, 6.07) is 12.8. The number of thioether (sulfide) groups is 1. The van der Waals surface area contributed by atoms with Crippen LogP contribution in [0.3, 0.4) is 0 Å². The van der Waals surface area contributed by atoms with Gasteiger partial charge in [-0.1, -0.05) is 6.07 Å². The molecule has 1 heterocycles. The molecule has 1 aromatic heterocycles. The quantitative estimate of drug-likeness (QED) is 0.807. The molecule has 0 spiro atoms. The van der Waals surface area contributed by atoms with Gasteiger partial charge in [-0.05, 0) is 43.5 Å². The molecule has 3 heteroatoms. The van der Waals surface area contributed by atoms with Crippen LogP contribution in [0, 0.1) is 0 Å². The minimum absolute atomic E-state index is 0.874. The lowest BCUT2D eigenvalue weighted by atomic mass is 10.3. The van der Waals surface area contributed by atoms with Gasteiger partial charge in [0.2, 0.25) is 0 Å². The van der Waals surface area contributed by atoms with Crippen LogP contribution >= 0.6 is 11.8 Å². The zero-order valence-electron chi connectivity index (χ0n) is 10.3. The highest BCUT2D eigenvalue weighted by Gasteiger charge is 1.99. The van der Waals surface area contributed by atoms with Crippen molar-refractivity contribution in [2.45, 2.75) is 24.9 Å². The van der Waals surface area contributed by atoms with E-state index in [2.05, 4.69) is 65.7 Å². The van der Waals surface area contributed by atoms with Crippen molar-refractivity contribution >= 4 is 17.4 Å². The average molecular weight is 246 g/mol. The Balaban J connectivity index is 2.02. The summed E-state index contributed by atoms with van der Waals surface area (Å²) >= 11 is 1.77. The number of anilines is 1. The van der Waals surface area contributed by atoms with Gasteiger partial charge in [0.05, 0.1) is 6.54 Å². The Labute approximate surface area is 107 Å². The van der Waals surface area contributed by atoms with Crippen molar-refractivity contribution in [2.75, 3.05) is 11.6 Å². The number of nitrogens with one attached hydrogen (secondary N) is 1. The fraction of sp³-hybridized carbons (Fsp3) is 0.286. The smallest absolute Gasteiger partial charge is 0.0553 e. The molecule has 0 aliphatic rings. The van der Waals surface area contributed by atoms with Gasteiger partial charge in [-0.25, -0.2) is 0 Å². The SMILES string of the molecule is CCn1cccc1CNc1cccc(SC)c1. The highest BCUT2D eigenvalue weighted by molar-refractivity contribution is 7.98. The molecular weight excluding hydrogens is 228 g/mol. The first kappa shape index (κ1) is 12.1. The van der Waals surface area contributed by atoms with Crippen LogP contribution < -0.4 is 5.32 Å². The summed E-state index contributed by atoms with van der Waals surface area (Å²) in [4.78, 5) is 1.29. The Kier molecular flexibility index (Phi) is 4.15. The zero-order chi connectivity index (χ0) is 12.1. The molecule has 0 bridgehead atoms. The van der Waals surface area contributed by atoms with Crippen molar-refractivity contribution in [3.63, 3.8) is 0 Å². The van der Waals surface area contributed by atoms with Gasteiger partial charge >= 0.3 is 0 Å². The first-order chi connectivity index (χ1) is 8.33. The lowest BCUT2D eigenvalue weighted by Crippen LogP contribution is -2.05. The van der Waals surface area contributed by atoms with E-state index in [0.717, 1.165) is 13.1 Å². The summed E-state index contributed by atoms with van der Waals surface area (Å²) in [5.41, 5.74) is 2.50. The molecule has 0 unspecified atom stereocenters. The van der Waals surface area contributed by atoms with Crippen LogP contribution in [-0.2, 0) is 13.1 Å². The Morgan fingerprint density at radius 2 is 2.12 bits per heavy atom. The Bertz CT molecular complexity index is 477. The van der Waals surface area contributed by atoms with Crippen LogP contribution in [0.25, 0.3) is 0 Å². The van der Waals surface area contributed by atoms with Gasteiger partial charge < -0.3 is 9.88 Å². The third-order valence-electron chi connectivity index (χ3n) is 2.81. The maximum Gasteiger partial charge on any atom is 0.0553 e. The van der Waals surface area contributed by atoms with Gasteiger partial charge in [-0.2, -0.15) is 0 Å². The van der Waals surface area contributed by atoms with E-state index in [1.165, 1.54) is 16.3 Å². The minimum Gasteiger partial charge on any atom is -0.379 e. The van der Waals surface area contributed by atoms with Gasteiger partial charge in [-0.15, -0.1) is 11.8 Å². The molecule has 90 valence electrons. The van der Waals surface area contributed by atoms with Crippen molar-refractivity contribution in [3.05, 3.63) is 48.3 Å². The maximum atomic E-state index is 3.46. The molecule has 0 atom stereocenters. The second kappa shape index (κ2) is 5.82. The number of rotatable bonds is 5. The Morgan fingerprint density at radius 3 is 2.88 bits per heavy atom. The minimum atomic E-state index is 0.874. The maximum absolute atomic E-state index is 3.46. The Hall–Kier alpha value is -1.35. The van der Waals surface area contributed by atoms with E-state index in [1.54, 1.807) is 11.8 Å². The van der Waals surface area contributed by atoms with E-state index in [4.69, 9.17) is 0 Å². The van der Waals surface area contributed by atoms with Crippen LogP contribution in [0.5, 0.6) is 0 Å². The molecule has 1 aromatic carbocycles. The van der Waals surface area contributed by atoms with Crippen LogP contribution in [0.2, 0.25) is 0 Å².